The largest absolute Gasteiger partial charge is 0.458 e. The van der Waals surface area contributed by atoms with Crippen molar-refractivity contribution in [2.24, 2.45) is 11.3 Å². The number of aromatic nitrogens is 2. The van der Waals surface area contributed by atoms with Crippen LogP contribution in [0.2, 0.25) is 0 Å². The molecule has 0 bridgehead atoms. The van der Waals surface area contributed by atoms with Crippen molar-refractivity contribution in [3.8, 4) is 0 Å². The molecule has 0 aliphatic heterocycles. The monoisotopic (exact) mass is 328 g/mol. The van der Waals surface area contributed by atoms with Gasteiger partial charge in [0.2, 0.25) is 0 Å². The lowest BCUT2D eigenvalue weighted by molar-refractivity contribution is -0.180. The Morgan fingerprint density at radius 3 is 2.58 bits per heavy atom. The molecule has 0 radical (unpaired) electrons. The van der Waals surface area contributed by atoms with E-state index in [0.29, 0.717) is 17.0 Å². The van der Waals surface area contributed by atoms with Gasteiger partial charge < -0.3 is 9.47 Å². The first kappa shape index (κ1) is 16.8. The number of rotatable bonds is 5. The first-order valence-corrected chi connectivity index (χ1v) is 8.41. The molecule has 5 nitrogen and oxygen atoms in total. The molecule has 2 aromatic rings. The molecule has 1 saturated carbocycles. The van der Waals surface area contributed by atoms with E-state index in [0.717, 1.165) is 18.5 Å². The maximum absolute atomic E-state index is 12.4. The maximum atomic E-state index is 12.4. The molecule has 0 unspecified atom stereocenters. The second kappa shape index (κ2) is 6.48. The van der Waals surface area contributed by atoms with Crippen molar-refractivity contribution < 1.29 is 14.3 Å². The fourth-order valence-electron chi connectivity index (χ4n) is 2.93. The number of hydrogen-bond acceptors (Lipinski definition) is 5. The van der Waals surface area contributed by atoms with Crippen LogP contribution >= 0.6 is 0 Å². The van der Waals surface area contributed by atoms with Gasteiger partial charge in [-0.15, -0.1) is 0 Å². The summed E-state index contributed by atoms with van der Waals surface area (Å²) in [7, 11) is 0. The molecule has 0 N–H and O–H groups in total. The van der Waals surface area contributed by atoms with Crippen LogP contribution in [0.4, 0.5) is 0 Å². The zero-order valence-corrected chi connectivity index (χ0v) is 14.7. The molecule has 0 spiro atoms. The van der Waals surface area contributed by atoms with Crippen LogP contribution in [-0.2, 0) is 9.47 Å². The lowest BCUT2D eigenvalue weighted by atomic mass is 9.66. The lowest BCUT2D eigenvalue weighted by Crippen LogP contribution is -2.56. The number of benzene rings is 1. The number of fused-ring (bicyclic) bond motifs is 1. The van der Waals surface area contributed by atoms with Gasteiger partial charge in [-0.25, -0.2) is 4.79 Å². The third-order valence-corrected chi connectivity index (χ3v) is 4.67. The Morgan fingerprint density at radius 2 is 1.92 bits per heavy atom. The number of ether oxygens (including phenoxy) is 2. The number of hydrogen-bond donors (Lipinski definition) is 0. The molecular weight excluding hydrogens is 304 g/mol. The Kier molecular flexibility index (Phi) is 4.54. The van der Waals surface area contributed by atoms with Gasteiger partial charge in [-0.1, -0.05) is 27.7 Å². The van der Waals surface area contributed by atoms with Crippen molar-refractivity contribution in [3.05, 3.63) is 36.2 Å². The number of carbonyl (C=O) groups is 1. The minimum Gasteiger partial charge on any atom is -0.458 e. The van der Waals surface area contributed by atoms with Gasteiger partial charge in [0.15, 0.2) is 0 Å². The van der Waals surface area contributed by atoms with E-state index < -0.39 is 0 Å². The minimum atomic E-state index is -0.317. The van der Waals surface area contributed by atoms with Crippen LogP contribution in [0.25, 0.3) is 11.0 Å². The molecule has 1 aliphatic carbocycles. The van der Waals surface area contributed by atoms with E-state index >= 15 is 0 Å². The van der Waals surface area contributed by atoms with Gasteiger partial charge >= 0.3 is 5.97 Å². The first-order chi connectivity index (χ1) is 11.4. The predicted molar refractivity (Wildman–Crippen MR) is 91.7 cm³/mol. The highest BCUT2D eigenvalue weighted by Gasteiger charge is 2.51. The van der Waals surface area contributed by atoms with Gasteiger partial charge in [0.25, 0.3) is 0 Å². The van der Waals surface area contributed by atoms with Crippen molar-refractivity contribution in [3.63, 3.8) is 0 Å². The van der Waals surface area contributed by atoms with Gasteiger partial charge in [0, 0.05) is 30.8 Å². The summed E-state index contributed by atoms with van der Waals surface area (Å²) in [5, 5.41) is 0. The molecule has 5 heteroatoms. The Bertz CT molecular complexity index is 742. The van der Waals surface area contributed by atoms with E-state index in [9.17, 15) is 4.79 Å². The van der Waals surface area contributed by atoms with Gasteiger partial charge in [0.05, 0.1) is 22.7 Å². The van der Waals surface area contributed by atoms with Crippen LogP contribution in [0.15, 0.2) is 30.6 Å². The van der Waals surface area contributed by atoms with E-state index in [1.165, 1.54) is 0 Å². The molecule has 1 aromatic heterocycles. The third-order valence-electron chi connectivity index (χ3n) is 4.67. The van der Waals surface area contributed by atoms with Crippen molar-refractivity contribution in [2.45, 2.75) is 46.3 Å². The molecule has 1 aliphatic rings. The number of carbonyl (C=O) groups excluding carboxylic acids is 1. The summed E-state index contributed by atoms with van der Waals surface area (Å²) >= 11 is 0. The van der Waals surface area contributed by atoms with Crippen LogP contribution in [0.1, 0.15) is 44.5 Å². The summed E-state index contributed by atoms with van der Waals surface area (Å²) in [5.41, 5.74) is 1.80. The highest BCUT2D eigenvalue weighted by Crippen LogP contribution is 2.45. The van der Waals surface area contributed by atoms with E-state index in [4.69, 9.17) is 9.47 Å². The molecular formula is C19H24N2O3. The summed E-state index contributed by atoms with van der Waals surface area (Å²) in [6.07, 6.45) is 4.01. The van der Waals surface area contributed by atoms with Crippen LogP contribution in [0.5, 0.6) is 0 Å². The molecule has 2 atom stereocenters. The fraction of sp³-hybridized carbons (Fsp3) is 0.526. The zero-order chi connectivity index (χ0) is 17.3. The van der Waals surface area contributed by atoms with Crippen LogP contribution in [0.3, 0.4) is 0 Å². The van der Waals surface area contributed by atoms with Crippen LogP contribution in [0, 0.1) is 11.3 Å². The van der Waals surface area contributed by atoms with Crippen molar-refractivity contribution in [2.75, 3.05) is 6.61 Å². The summed E-state index contributed by atoms with van der Waals surface area (Å²) in [6.45, 7) is 9.17. The van der Waals surface area contributed by atoms with Gasteiger partial charge in [0.1, 0.15) is 6.10 Å². The fourth-order valence-corrected chi connectivity index (χ4v) is 2.93. The Morgan fingerprint density at radius 1 is 1.21 bits per heavy atom. The SMILES string of the molecule is CC(C)CO[C@H]1C[C@@H](OC(=O)c2ccc3nccnc3c2)C1(C)C. The van der Waals surface area contributed by atoms with Gasteiger partial charge in [-0.3, -0.25) is 9.97 Å². The highest BCUT2D eigenvalue weighted by atomic mass is 16.6. The topological polar surface area (TPSA) is 61.3 Å². The quantitative estimate of drug-likeness (QED) is 0.784. The molecule has 0 amide bonds. The molecule has 1 heterocycles. The third kappa shape index (κ3) is 3.26. The van der Waals surface area contributed by atoms with Crippen LogP contribution in [-0.4, -0.2) is 34.8 Å². The second-order valence-electron chi connectivity index (χ2n) is 7.43. The van der Waals surface area contributed by atoms with Crippen molar-refractivity contribution in [1.29, 1.82) is 0 Å². The summed E-state index contributed by atoms with van der Waals surface area (Å²) in [4.78, 5) is 20.9. The van der Waals surface area contributed by atoms with Gasteiger partial charge in [-0.05, 0) is 24.1 Å². The van der Waals surface area contributed by atoms with Gasteiger partial charge in [-0.2, -0.15) is 0 Å². The molecule has 24 heavy (non-hydrogen) atoms. The number of esters is 1. The van der Waals surface area contributed by atoms with E-state index in [1.54, 1.807) is 30.6 Å². The minimum absolute atomic E-state index is 0.125. The van der Waals surface area contributed by atoms with Crippen LogP contribution < -0.4 is 0 Å². The summed E-state index contributed by atoms with van der Waals surface area (Å²) < 4.78 is 11.6. The average Bonchev–Trinajstić information content (AvgIpc) is 2.56. The second-order valence-corrected chi connectivity index (χ2v) is 7.43. The Balaban J connectivity index is 1.64. The Hall–Kier alpha value is -2.01. The summed E-state index contributed by atoms with van der Waals surface area (Å²) in [5.74, 6) is 0.184. The first-order valence-electron chi connectivity index (χ1n) is 8.41. The molecule has 1 fully saturated rings. The lowest BCUT2D eigenvalue weighted by Gasteiger charge is -2.50. The molecule has 0 saturated heterocycles. The smallest absolute Gasteiger partial charge is 0.338 e. The molecule has 1 aromatic carbocycles. The maximum Gasteiger partial charge on any atom is 0.338 e. The zero-order valence-electron chi connectivity index (χ0n) is 14.7. The summed E-state index contributed by atoms with van der Waals surface area (Å²) in [6, 6.07) is 5.25. The number of nitrogens with zero attached hydrogens (tertiary/aromatic N) is 2. The van der Waals surface area contributed by atoms with E-state index in [2.05, 4.69) is 37.7 Å². The molecule has 128 valence electrons. The van der Waals surface area contributed by atoms with Crippen molar-refractivity contribution in [1.82, 2.24) is 9.97 Å². The average molecular weight is 328 g/mol. The standard InChI is InChI=1S/C19H24N2O3/c1-12(2)11-23-16-10-17(19(16,3)4)24-18(22)13-5-6-14-15(9-13)21-8-7-20-14/h5-9,12,16-17H,10-11H2,1-4H3/t16-,17+/m0/s1. The molecule has 3 rings (SSSR count). The Labute approximate surface area is 142 Å². The predicted octanol–water partition coefficient (Wildman–Crippen LogP) is 3.63. The highest BCUT2D eigenvalue weighted by molar-refractivity contribution is 5.93. The van der Waals surface area contributed by atoms with E-state index in [-0.39, 0.29) is 23.6 Å². The van der Waals surface area contributed by atoms with E-state index in [1.807, 2.05) is 0 Å². The van der Waals surface area contributed by atoms with Crippen molar-refractivity contribution >= 4 is 17.0 Å². The normalized spacial score (nSPS) is 22.4.